The van der Waals surface area contributed by atoms with Gasteiger partial charge in [0.2, 0.25) is 5.60 Å². The van der Waals surface area contributed by atoms with Gasteiger partial charge in [-0.3, -0.25) is 9.59 Å². The fourth-order valence-electron chi connectivity index (χ4n) is 3.31. The molecule has 1 aliphatic heterocycles. The summed E-state index contributed by atoms with van der Waals surface area (Å²) in [5.41, 5.74) is -2.22. The molecule has 3 rings (SSSR count). The lowest BCUT2D eigenvalue weighted by molar-refractivity contribution is -0.158. The summed E-state index contributed by atoms with van der Waals surface area (Å²) in [6.45, 7) is 3.44. The summed E-state index contributed by atoms with van der Waals surface area (Å²) in [4.78, 5) is 27.1. The van der Waals surface area contributed by atoms with Gasteiger partial charge in [-0.15, -0.1) is 0 Å². The third kappa shape index (κ3) is 3.42. The molecule has 2 N–H and O–H groups in total. The highest BCUT2D eigenvalue weighted by Gasteiger charge is 2.63. The van der Waals surface area contributed by atoms with Crippen LogP contribution in [0.3, 0.4) is 0 Å². The van der Waals surface area contributed by atoms with E-state index in [2.05, 4.69) is 5.32 Å². The molecule has 5 nitrogen and oxygen atoms in total. The van der Waals surface area contributed by atoms with E-state index in [4.69, 9.17) is 11.6 Å². The van der Waals surface area contributed by atoms with E-state index >= 15 is 0 Å². The minimum absolute atomic E-state index is 0.0622. The summed E-state index contributed by atoms with van der Waals surface area (Å²) >= 11 is 5.81. The molecule has 0 bridgehead atoms. The zero-order valence-corrected chi connectivity index (χ0v) is 15.8. The molecule has 1 aliphatic rings. The average Bonchev–Trinajstić information content (AvgIpc) is 2.80. The molecule has 7 heteroatoms. The second-order valence-electron chi connectivity index (χ2n) is 7.28. The van der Waals surface area contributed by atoms with Crippen LogP contribution < -0.4 is 10.2 Å². The summed E-state index contributed by atoms with van der Waals surface area (Å²) in [7, 11) is 0. The summed E-state index contributed by atoms with van der Waals surface area (Å²) in [6.07, 6.45) is 0. The lowest BCUT2D eigenvalue weighted by Gasteiger charge is -2.31. The number of halogens is 2. The maximum atomic E-state index is 13.4. The second-order valence-corrected chi connectivity index (χ2v) is 7.72. The normalized spacial score (nSPS) is 21.4. The number of carbonyl (C=O) groups excluding carboxylic acids is 2. The molecule has 1 atom stereocenters. The lowest BCUT2D eigenvalue weighted by Crippen LogP contribution is -2.58. The molecule has 1 heterocycles. The molecular formula is C20H20ClFN2O3. The van der Waals surface area contributed by atoms with Crippen molar-refractivity contribution in [2.45, 2.75) is 26.0 Å². The Morgan fingerprint density at radius 3 is 2.56 bits per heavy atom. The summed E-state index contributed by atoms with van der Waals surface area (Å²) in [5.74, 6) is -2.04. The lowest BCUT2D eigenvalue weighted by atomic mass is 9.77. The minimum Gasteiger partial charge on any atom is -0.371 e. The first-order valence-corrected chi connectivity index (χ1v) is 8.85. The van der Waals surface area contributed by atoms with Crippen LogP contribution in [-0.2, 0) is 16.1 Å². The van der Waals surface area contributed by atoms with E-state index in [0.29, 0.717) is 11.3 Å². The molecule has 1 saturated heterocycles. The molecule has 0 unspecified atom stereocenters. The third-order valence-corrected chi connectivity index (χ3v) is 5.08. The van der Waals surface area contributed by atoms with Gasteiger partial charge < -0.3 is 15.3 Å². The number of nitrogens with one attached hydrogen (secondary N) is 1. The van der Waals surface area contributed by atoms with Crippen LogP contribution in [0.15, 0.2) is 48.5 Å². The molecule has 0 spiro atoms. The summed E-state index contributed by atoms with van der Waals surface area (Å²) in [5, 5.41) is 13.8. The topological polar surface area (TPSA) is 69.6 Å². The molecule has 0 aromatic heterocycles. The zero-order chi connectivity index (χ0) is 19.8. The Morgan fingerprint density at radius 2 is 1.93 bits per heavy atom. The number of nitrogens with zero attached hydrogens (tertiary/aromatic N) is 1. The number of para-hydroxylation sites is 1. The van der Waals surface area contributed by atoms with E-state index in [1.54, 1.807) is 38.1 Å². The predicted molar refractivity (Wildman–Crippen MR) is 101 cm³/mol. The number of carbonyl (C=O) groups is 2. The molecule has 142 valence electrons. The minimum atomic E-state index is -2.24. The fourth-order valence-corrected chi connectivity index (χ4v) is 3.55. The Labute approximate surface area is 161 Å². The van der Waals surface area contributed by atoms with Crippen molar-refractivity contribution in [3.63, 3.8) is 0 Å². The Morgan fingerprint density at radius 1 is 1.26 bits per heavy atom. The van der Waals surface area contributed by atoms with E-state index in [9.17, 15) is 19.1 Å². The maximum Gasteiger partial charge on any atom is 0.269 e. The van der Waals surface area contributed by atoms with Crippen LogP contribution in [0.4, 0.5) is 10.1 Å². The molecule has 27 heavy (non-hydrogen) atoms. The molecule has 2 aromatic carbocycles. The van der Waals surface area contributed by atoms with E-state index in [1.807, 2.05) is 6.07 Å². The summed E-state index contributed by atoms with van der Waals surface area (Å²) < 4.78 is 13.4. The van der Waals surface area contributed by atoms with Gasteiger partial charge in [0.1, 0.15) is 5.82 Å². The van der Waals surface area contributed by atoms with Crippen LogP contribution in [0.25, 0.3) is 0 Å². The first-order valence-electron chi connectivity index (χ1n) is 8.48. The number of rotatable bonds is 4. The largest absolute Gasteiger partial charge is 0.371 e. The Balaban J connectivity index is 1.82. The Kier molecular flexibility index (Phi) is 4.97. The van der Waals surface area contributed by atoms with Crippen LogP contribution in [-0.4, -0.2) is 29.1 Å². The van der Waals surface area contributed by atoms with Crippen molar-refractivity contribution in [1.82, 2.24) is 5.32 Å². The van der Waals surface area contributed by atoms with Gasteiger partial charge in [0, 0.05) is 29.2 Å². The molecule has 1 fully saturated rings. The summed E-state index contributed by atoms with van der Waals surface area (Å²) in [6, 6.07) is 12.8. The van der Waals surface area contributed by atoms with Gasteiger partial charge in [-0.1, -0.05) is 43.6 Å². The number of amides is 2. The Hall–Kier alpha value is -2.44. The molecule has 2 amide bonds. The monoisotopic (exact) mass is 390 g/mol. The predicted octanol–water partition coefficient (Wildman–Crippen LogP) is 2.90. The molecule has 0 saturated carbocycles. The van der Waals surface area contributed by atoms with Crippen LogP contribution in [0.1, 0.15) is 19.4 Å². The van der Waals surface area contributed by atoms with E-state index in [0.717, 1.165) is 6.07 Å². The van der Waals surface area contributed by atoms with Crippen molar-refractivity contribution in [2.75, 3.05) is 11.4 Å². The number of hydrogen-bond acceptors (Lipinski definition) is 3. The van der Waals surface area contributed by atoms with Crippen molar-refractivity contribution in [2.24, 2.45) is 5.41 Å². The number of benzene rings is 2. The average molecular weight is 391 g/mol. The van der Waals surface area contributed by atoms with E-state index in [-0.39, 0.29) is 18.1 Å². The second kappa shape index (κ2) is 6.94. The van der Waals surface area contributed by atoms with Gasteiger partial charge in [0.15, 0.2) is 0 Å². The van der Waals surface area contributed by atoms with Crippen LogP contribution in [0.2, 0.25) is 5.02 Å². The SMILES string of the molecule is CC1(C)CN(c2ccccc2)C(=O)[C@]1(O)C(=O)NCc1cc(F)cc(Cl)c1. The van der Waals surface area contributed by atoms with Crippen molar-refractivity contribution >= 4 is 29.1 Å². The highest BCUT2D eigenvalue weighted by molar-refractivity contribution is 6.30. The molecule has 0 radical (unpaired) electrons. The van der Waals surface area contributed by atoms with Crippen LogP contribution in [0, 0.1) is 11.2 Å². The highest BCUT2D eigenvalue weighted by Crippen LogP contribution is 2.42. The number of hydrogen-bond donors (Lipinski definition) is 2. The van der Waals surface area contributed by atoms with Gasteiger partial charge >= 0.3 is 0 Å². The molecular weight excluding hydrogens is 371 g/mol. The van der Waals surface area contributed by atoms with Crippen molar-refractivity contribution in [1.29, 1.82) is 0 Å². The van der Waals surface area contributed by atoms with Gasteiger partial charge in [-0.05, 0) is 35.9 Å². The zero-order valence-electron chi connectivity index (χ0n) is 15.0. The van der Waals surface area contributed by atoms with Crippen LogP contribution >= 0.6 is 11.6 Å². The molecule has 0 aliphatic carbocycles. The van der Waals surface area contributed by atoms with Gasteiger partial charge in [0.05, 0.1) is 0 Å². The Bertz CT molecular complexity index is 868. The van der Waals surface area contributed by atoms with Crippen molar-refractivity contribution in [3.8, 4) is 0 Å². The number of anilines is 1. The van der Waals surface area contributed by atoms with E-state index < -0.39 is 28.6 Å². The van der Waals surface area contributed by atoms with Crippen molar-refractivity contribution < 1.29 is 19.1 Å². The van der Waals surface area contributed by atoms with Gasteiger partial charge in [-0.2, -0.15) is 0 Å². The highest BCUT2D eigenvalue weighted by atomic mass is 35.5. The van der Waals surface area contributed by atoms with E-state index in [1.165, 1.54) is 17.0 Å². The maximum absolute atomic E-state index is 13.4. The standard InChI is InChI=1S/C20H20ClFN2O3/c1-19(2)12-24(16-6-4-3-5-7-16)18(26)20(19,27)17(25)23-11-13-8-14(21)10-15(22)9-13/h3-10,27H,11-12H2,1-2H3,(H,23,25)/t20-/m1/s1. The van der Waals surface area contributed by atoms with Gasteiger partial charge in [-0.25, -0.2) is 4.39 Å². The third-order valence-electron chi connectivity index (χ3n) is 4.86. The smallest absolute Gasteiger partial charge is 0.269 e. The molecule has 2 aromatic rings. The quantitative estimate of drug-likeness (QED) is 0.789. The van der Waals surface area contributed by atoms with Crippen LogP contribution in [0.5, 0.6) is 0 Å². The first-order chi connectivity index (χ1) is 12.6. The number of aliphatic hydroxyl groups is 1. The van der Waals surface area contributed by atoms with Crippen molar-refractivity contribution in [3.05, 3.63) is 64.9 Å². The van der Waals surface area contributed by atoms with Gasteiger partial charge in [0.25, 0.3) is 11.8 Å². The first kappa shape index (κ1) is 19.3. The fraction of sp³-hybridized carbons (Fsp3) is 0.300.